The molecule has 2 aliphatic rings. The largest absolute Gasteiger partial charge is 0.379 e. The number of rotatable bonds is 25. The third-order valence-corrected chi connectivity index (χ3v) is 23.8. The number of ether oxygens (including phenoxy) is 1. The molecule has 0 atom stereocenters. The number of pyridine rings is 1. The Hall–Kier alpha value is -16.9. The summed E-state index contributed by atoms with van der Waals surface area (Å²) in [6, 6.07) is 38.2. The summed E-state index contributed by atoms with van der Waals surface area (Å²) < 4.78 is 13.0. The Morgan fingerprint density at radius 1 is 0.409 bits per heavy atom. The maximum Gasteiger partial charge on any atom is 0.270 e. The Kier molecular flexibility index (Phi) is 27.2. The van der Waals surface area contributed by atoms with E-state index in [0.29, 0.717) is 66.2 Å². The van der Waals surface area contributed by atoms with Crippen LogP contribution >= 0.6 is 11.3 Å². The standard InChI is InChI=1S/C28H35N9O2.C24H22N8O.C23H22N8OS.C22H21N9O/c1-20-15-22(31-28-29-4-3-23(33-28)25-18-34(2)19-30-25)16-21-17-24(32-26(20)21)27(38)37-9-7-35(8-10-37)5-6-36-11-13-39-14-12-36;1-15-9-18(29-24-26-8-6-19(31-24)21-13-32(2)14-28-21)10-16-11-20(30-22(15)16)23(33)27-12-17-5-3-4-7-25-17;1-14-8-16(27-23-25-5-4-17(29-23)19-11-30(2)13-26-19)9-15-10-18(28-21(14)15)22(32)31(3)12-20-24-6-7-33-20;1-13-7-16(27-22-23-5-4-17(29-22)19-11-31(2)12-25-19)8-14-9-18(28-20(13)14)21(32)24-10-15-3-6-26-30-15/h3-4,15-19,32H,5-14H2,1-2H3,(H,29,31,33);3-11,13-14,30H,12H2,1-2H3,(H,27,33)(H,26,29,31);4-11,13,28H,12H2,1-3H3,(H,25,27,29);3-9,11-12,28H,10H2,1-2H3,(H,24,32)(H,26,30)(H,23,27,29). The number of aromatic nitrogens is 24. The smallest absolute Gasteiger partial charge is 0.270 e. The molecule has 0 radical (unpaired) electrons. The van der Waals surface area contributed by atoms with E-state index in [1.54, 1.807) is 80.6 Å². The van der Waals surface area contributed by atoms with Crippen molar-refractivity contribution in [1.29, 1.82) is 0 Å². The Morgan fingerprint density at radius 2 is 0.810 bits per heavy atom. The van der Waals surface area contributed by atoms with Gasteiger partial charge in [-0.15, -0.1) is 11.3 Å². The van der Waals surface area contributed by atoms with E-state index in [0.717, 1.165) is 216 Å². The van der Waals surface area contributed by atoms with Crippen LogP contribution < -0.4 is 31.9 Å². The van der Waals surface area contributed by atoms with Gasteiger partial charge in [0.25, 0.3) is 23.6 Å². The second-order valence-electron chi connectivity index (χ2n) is 33.5. The van der Waals surface area contributed by atoms with Crippen molar-refractivity contribution < 1.29 is 23.9 Å². The molecule has 0 unspecified atom stereocenters. The molecule has 137 heavy (non-hydrogen) atoms. The molecule has 2 saturated heterocycles. The molecule has 2 fully saturated rings. The van der Waals surface area contributed by atoms with Gasteiger partial charge in [-0.05, 0) is 165 Å². The van der Waals surface area contributed by atoms with Crippen molar-refractivity contribution in [3.05, 3.63) is 282 Å². The molecule has 4 aromatic carbocycles. The molecule has 694 valence electrons. The number of carbonyl (C=O) groups is 4. The second kappa shape index (κ2) is 41.1. The second-order valence-corrected chi connectivity index (χ2v) is 34.4. The van der Waals surface area contributed by atoms with Crippen LogP contribution in [-0.4, -0.2) is 234 Å². The quantitative estimate of drug-likeness (QED) is 0.0253. The number of aryl methyl sites for hydroxylation is 8. The Bertz CT molecular complexity index is 7480. The fourth-order valence-electron chi connectivity index (χ4n) is 16.1. The van der Waals surface area contributed by atoms with Crippen LogP contribution in [0.3, 0.4) is 0 Å². The number of amides is 4. The van der Waals surface area contributed by atoms with E-state index in [1.165, 1.54) is 11.3 Å². The number of imidazole rings is 4. The average Bonchev–Trinajstić information content (AvgIpc) is 1.65. The van der Waals surface area contributed by atoms with Gasteiger partial charge >= 0.3 is 0 Å². The number of piperazine rings is 1. The van der Waals surface area contributed by atoms with Crippen LogP contribution in [0.1, 0.15) is 80.6 Å². The van der Waals surface area contributed by atoms with Crippen molar-refractivity contribution in [1.82, 2.24) is 148 Å². The molecule has 40 heteroatoms. The van der Waals surface area contributed by atoms with Crippen molar-refractivity contribution in [3.8, 4) is 45.6 Å². The SMILES string of the molecule is Cc1cc(Nc2nccc(-c3cn(C)cn3)n2)cc2cc(C(=O)N(C)Cc3nccs3)[nH]c12.Cc1cc(Nc2nccc(-c3cn(C)cn3)n2)cc2cc(C(=O)N3CCN(CCN4CCOCC4)CC3)[nH]c12.Cc1cc(Nc2nccc(-c3cn(C)cn3)n2)cc2cc(C(=O)NCc3ccccn3)[nH]c12.Cc1cc(Nc2nccc(-c3cn(C)cn3)n2)cc2cc(C(=O)NCc3ccn[nH]3)[nH]c12. The molecular weight excluding hydrogens is 1750 g/mol. The van der Waals surface area contributed by atoms with Crippen LogP contribution in [0.5, 0.6) is 0 Å². The Balaban J connectivity index is 0.000000122. The predicted octanol–water partition coefficient (Wildman–Crippen LogP) is 13.4. The van der Waals surface area contributed by atoms with Gasteiger partial charge in [0.05, 0.1) is 92.3 Å². The number of carbonyl (C=O) groups excluding carboxylic acids is 4. The molecule has 17 heterocycles. The lowest BCUT2D eigenvalue weighted by Gasteiger charge is -2.36. The number of nitrogens with zero attached hydrogens (tertiary/aromatic N) is 23. The zero-order valence-corrected chi connectivity index (χ0v) is 77.5. The summed E-state index contributed by atoms with van der Waals surface area (Å²) in [5, 5.41) is 32.1. The van der Waals surface area contributed by atoms with Crippen LogP contribution in [0.2, 0.25) is 0 Å². The normalized spacial score (nSPS) is 12.8. The summed E-state index contributed by atoms with van der Waals surface area (Å²) in [7, 11) is 9.46. The van der Waals surface area contributed by atoms with Crippen molar-refractivity contribution in [2.45, 2.75) is 47.3 Å². The van der Waals surface area contributed by atoms with Crippen molar-refractivity contribution >= 4 is 125 Å². The van der Waals surface area contributed by atoms with E-state index in [1.807, 2.05) is 231 Å². The van der Waals surface area contributed by atoms with E-state index < -0.39 is 0 Å². The number of nitrogens with one attached hydrogen (secondary N) is 11. The topological polar surface area (TPSA) is 455 Å². The molecule has 0 saturated carbocycles. The third-order valence-electron chi connectivity index (χ3n) is 23.0. The first kappa shape index (κ1) is 90.7. The van der Waals surface area contributed by atoms with Gasteiger partial charge in [-0.2, -0.15) is 5.10 Å². The molecule has 21 rings (SSSR count). The van der Waals surface area contributed by atoms with Gasteiger partial charge in [-0.1, -0.05) is 6.07 Å². The molecule has 0 spiro atoms. The zero-order chi connectivity index (χ0) is 94.6. The number of hydrogen-bond acceptors (Lipinski definition) is 27. The highest BCUT2D eigenvalue weighted by atomic mass is 32.1. The highest BCUT2D eigenvalue weighted by Crippen LogP contribution is 2.33. The molecule has 2 aliphatic heterocycles. The first-order chi connectivity index (χ1) is 66.6. The zero-order valence-electron chi connectivity index (χ0n) is 76.7. The number of hydrogen-bond donors (Lipinski definition) is 11. The van der Waals surface area contributed by atoms with Gasteiger partial charge in [0.2, 0.25) is 23.8 Å². The van der Waals surface area contributed by atoms with Gasteiger partial charge in [0.1, 0.15) is 50.6 Å². The van der Waals surface area contributed by atoms with Gasteiger partial charge in [0.15, 0.2) is 0 Å². The van der Waals surface area contributed by atoms with Gasteiger partial charge in [0, 0.05) is 228 Å². The predicted molar refractivity (Wildman–Crippen MR) is 525 cm³/mol. The third kappa shape index (κ3) is 22.4. The molecule has 19 aromatic rings. The van der Waals surface area contributed by atoms with Gasteiger partial charge < -0.3 is 84.6 Å². The van der Waals surface area contributed by atoms with E-state index in [-0.39, 0.29) is 23.6 Å². The Labute approximate surface area is 789 Å². The fourth-order valence-corrected chi connectivity index (χ4v) is 16.8. The Morgan fingerprint density at radius 3 is 1.20 bits per heavy atom. The number of morpholine rings is 1. The lowest BCUT2D eigenvalue weighted by Crippen LogP contribution is -2.51. The highest BCUT2D eigenvalue weighted by molar-refractivity contribution is 7.09. The minimum absolute atomic E-state index is 0.0549. The molecular formula is C97H100N34O5S. The van der Waals surface area contributed by atoms with Crippen LogP contribution in [0.25, 0.3) is 89.2 Å². The molecule has 0 aliphatic carbocycles. The first-order valence-electron chi connectivity index (χ1n) is 44.4. The van der Waals surface area contributed by atoms with Crippen LogP contribution in [0.15, 0.2) is 220 Å². The summed E-state index contributed by atoms with van der Waals surface area (Å²) >= 11 is 1.53. The summed E-state index contributed by atoms with van der Waals surface area (Å²) in [4.78, 5) is 135. The average molecular weight is 1850 g/mol. The van der Waals surface area contributed by atoms with E-state index in [4.69, 9.17) is 4.74 Å². The fraction of sp³-hybridized carbons (Fsp3) is 0.227. The summed E-state index contributed by atoms with van der Waals surface area (Å²) in [6.45, 7) is 18.3. The first-order valence-corrected chi connectivity index (χ1v) is 45.2. The number of H-pyrrole nitrogens is 5. The molecule has 4 amide bonds. The number of fused-ring (bicyclic) bond motifs is 4. The van der Waals surface area contributed by atoms with Crippen LogP contribution in [-0.2, 0) is 52.6 Å². The van der Waals surface area contributed by atoms with E-state index >= 15 is 0 Å². The number of aromatic amines is 5. The lowest BCUT2D eigenvalue weighted by molar-refractivity contribution is 0.0293. The number of anilines is 8. The molecule has 39 nitrogen and oxygen atoms in total. The van der Waals surface area contributed by atoms with Crippen molar-refractivity contribution in [2.24, 2.45) is 28.2 Å². The van der Waals surface area contributed by atoms with Crippen molar-refractivity contribution in [2.75, 3.05) is 93.9 Å². The maximum atomic E-state index is 13.4. The monoisotopic (exact) mass is 1850 g/mol. The van der Waals surface area contributed by atoms with Crippen molar-refractivity contribution in [3.63, 3.8) is 0 Å². The minimum Gasteiger partial charge on any atom is -0.379 e. The minimum atomic E-state index is -0.184. The van der Waals surface area contributed by atoms with E-state index in [9.17, 15) is 19.2 Å². The summed E-state index contributed by atoms with van der Waals surface area (Å²) in [5.41, 5.74) is 21.0. The van der Waals surface area contributed by atoms with E-state index in [2.05, 4.69) is 142 Å². The summed E-state index contributed by atoms with van der Waals surface area (Å²) in [5.74, 6) is 1.53. The molecule has 11 N–H and O–H groups in total. The summed E-state index contributed by atoms with van der Waals surface area (Å²) in [6.07, 6.45) is 26.5. The molecule has 0 bridgehead atoms. The number of thiazole rings is 1. The highest BCUT2D eigenvalue weighted by Gasteiger charge is 2.27. The lowest BCUT2D eigenvalue weighted by atomic mass is 10.1. The molecule has 15 aromatic heterocycles. The van der Waals surface area contributed by atoms with Crippen LogP contribution in [0.4, 0.5) is 46.5 Å². The maximum absolute atomic E-state index is 13.4. The number of benzene rings is 4. The van der Waals surface area contributed by atoms with Gasteiger partial charge in [-0.25, -0.2) is 64.8 Å². The van der Waals surface area contributed by atoms with Gasteiger partial charge in [-0.3, -0.25) is 39.1 Å². The van der Waals surface area contributed by atoms with Crippen LogP contribution in [0, 0.1) is 27.7 Å².